The lowest BCUT2D eigenvalue weighted by Gasteiger charge is -2.38. The monoisotopic (exact) mass is 740 g/mol. The maximum absolute atomic E-state index is 14.1. The van der Waals surface area contributed by atoms with Crippen molar-refractivity contribution in [2.24, 2.45) is 28.8 Å². The highest BCUT2D eigenvalue weighted by molar-refractivity contribution is 6.23. The number of ether oxygens (including phenoxy) is 4. The number of methoxy groups -OCH3 is 1. The van der Waals surface area contributed by atoms with Gasteiger partial charge in [0, 0.05) is 61.2 Å². The zero-order valence-electron chi connectivity index (χ0n) is 31.1. The Labute approximate surface area is 306 Å². The summed E-state index contributed by atoms with van der Waals surface area (Å²) < 4.78 is 23.2. The second-order valence-corrected chi connectivity index (χ2v) is 13.9. The molecule has 3 heterocycles. The molecule has 5 rings (SSSR count). The van der Waals surface area contributed by atoms with Crippen molar-refractivity contribution < 1.29 is 64.1 Å². The Morgan fingerprint density at radius 1 is 0.962 bits per heavy atom. The topological polar surface area (TPSA) is 234 Å². The van der Waals surface area contributed by atoms with E-state index in [0.717, 1.165) is 12.5 Å². The molecule has 0 unspecified atom stereocenters. The van der Waals surface area contributed by atoms with Crippen molar-refractivity contribution in [1.29, 1.82) is 0 Å². The van der Waals surface area contributed by atoms with Crippen molar-refractivity contribution >= 4 is 40.3 Å². The van der Waals surface area contributed by atoms with Crippen LogP contribution in [0.3, 0.4) is 0 Å². The number of hydrogen-bond donors (Lipinski definition) is 7. The van der Waals surface area contributed by atoms with Gasteiger partial charge >= 0.3 is 11.8 Å². The summed E-state index contributed by atoms with van der Waals surface area (Å²) in [5, 5.41) is 71.2. The van der Waals surface area contributed by atoms with Crippen LogP contribution >= 0.6 is 0 Å². The van der Waals surface area contributed by atoms with E-state index in [1.807, 2.05) is 0 Å². The summed E-state index contributed by atoms with van der Waals surface area (Å²) in [6, 6.07) is 0. The molecular formula is C38H48N2O13. The first-order valence-electron chi connectivity index (χ1n) is 17.1. The van der Waals surface area contributed by atoms with Crippen LogP contribution in [0, 0.1) is 30.6 Å². The van der Waals surface area contributed by atoms with E-state index in [1.165, 1.54) is 53.0 Å². The van der Waals surface area contributed by atoms with Gasteiger partial charge in [0.2, 0.25) is 0 Å². The van der Waals surface area contributed by atoms with Crippen LogP contribution in [0.1, 0.15) is 70.0 Å². The van der Waals surface area contributed by atoms with E-state index < -0.39 is 105 Å². The minimum atomic E-state index is -2.07. The molecular weight excluding hydrogens is 692 g/mol. The number of aliphatic hydroxyl groups excluding tert-OH is 2. The number of fused-ring (bicyclic) bond motifs is 14. The number of esters is 1. The van der Waals surface area contributed by atoms with E-state index in [1.54, 1.807) is 33.8 Å². The van der Waals surface area contributed by atoms with Crippen LogP contribution in [-0.2, 0) is 23.8 Å². The van der Waals surface area contributed by atoms with Gasteiger partial charge < -0.3 is 55.0 Å². The van der Waals surface area contributed by atoms with Gasteiger partial charge in [-0.25, -0.2) is 0 Å². The number of hydrogen-bond acceptors (Lipinski definition) is 14. The zero-order chi connectivity index (χ0) is 39.7. The van der Waals surface area contributed by atoms with E-state index >= 15 is 0 Å². The van der Waals surface area contributed by atoms with Crippen molar-refractivity contribution in [3.05, 3.63) is 52.8 Å². The molecule has 288 valence electrons. The second kappa shape index (κ2) is 15.9. The number of anilines is 1. The fourth-order valence-electron chi connectivity index (χ4n) is 6.93. The largest absolute Gasteiger partial charge is 0.507 e. The number of benzene rings is 2. The molecule has 7 N–H and O–H groups in total. The molecule has 0 aromatic heterocycles. The smallest absolute Gasteiger partial charge is 0.312 e. The van der Waals surface area contributed by atoms with E-state index in [-0.39, 0.29) is 27.8 Å². The number of ketones is 1. The summed E-state index contributed by atoms with van der Waals surface area (Å²) in [5.41, 5.74) is -0.978. The highest BCUT2D eigenvalue weighted by Gasteiger charge is 2.50. The zero-order valence-corrected chi connectivity index (χ0v) is 31.1. The maximum Gasteiger partial charge on any atom is 0.312 e. The summed E-state index contributed by atoms with van der Waals surface area (Å²) in [4.78, 5) is 39.7. The third-order valence-corrected chi connectivity index (χ3v) is 10.2. The number of amides is 1. The lowest BCUT2D eigenvalue weighted by atomic mass is 9.78. The average Bonchev–Trinajstić information content (AvgIpc) is 3.38. The van der Waals surface area contributed by atoms with Crippen LogP contribution in [0.15, 0.2) is 41.3 Å². The van der Waals surface area contributed by atoms with Gasteiger partial charge in [-0.3, -0.25) is 14.4 Å². The van der Waals surface area contributed by atoms with Crippen molar-refractivity contribution in [2.45, 2.75) is 85.6 Å². The molecule has 0 radical (unpaired) electrons. The maximum atomic E-state index is 14.1. The molecule has 1 amide bonds. The van der Waals surface area contributed by atoms with Gasteiger partial charge in [-0.1, -0.05) is 51.1 Å². The quantitative estimate of drug-likeness (QED) is 0.0572. The van der Waals surface area contributed by atoms with E-state index in [0.29, 0.717) is 0 Å². The number of phenolic OH excluding ortho intramolecular Hbond substituents is 3. The molecule has 2 aromatic rings. The van der Waals surface area contributed by atoms with Crippen LogP contribution < -0.4 is 10.1 Å². The summed E-state index contributed by atoms with van der Waals surface area (Å²) in [7, 11) is 1.41. The predicted molar refractivity (Wildman–Crippen MR) is 193 cm³/mol. The van der Waals surface area contributed by atoms with Crippen LogP contribution in [-0.4, -0.2) is 91.9 Å². The number of allylic oxidation sites excluding steroid dienone is 2. The fourth-order valence-corrected chi connectivity index (χ4v) is 6.93. The molecule has 9 atom stereocenters. The normalized spacial score (nSPS) is 32.2. The lowest BCUT2D eigenvalue weighted by Crippen LogP contribution is -2.46. The minimum Gasteiger partial charge on any atom is -0.507 e. The molecule has 5 bridgehead atoms. The molecule has 0 saturated carbocycles. The number of nitrogens with one attached hydrogen (secondary N) is 1. The summed E-state index contributed by atoms with van der Waals surface area (Å²) in [6.45, 7) is 12.2. The number of phenols is 3. The summed E-state index contributed by atoms with van der Waals surface area (Å²) in [6.07, 6.45) is 4.01. The van der Waals surface area contributed by atoms with Crippen molar-refractivity contribution in [2.75, 3.05) is 12.4 Å². The molecule has 15 heteroatoms. The molecule has 0 spiro atoms. The van der Waals surface area contributed by atoms with E-state index in [4.69, 9.17) is 18.9 Å². The Morgan fingerprint density at radius 2 is 1.62 bits per heavy atom. The number of carbonyl (C=O) groups is 3. The van der Waals surface area contributed by atoms with Crippen LogP contribution in [0.25, 0.3) is 10.8 Å². The third kappa shape index (κ3) is 7.54. The van der Waals surface area contributed by atoms with E-state index in [9.17, 15) is 45.1 Å². The van der Waals surface area contributed by atoms with Crippen molar-refractivity contribution in [1.82, 2.24) is 0 Å². The highest BCUT2D eigenvalue weighted by atomic mass is 16.7. The number of carbonyl (C=O) groups excluding carboxylic acids is 3. The molecule has 0 aliphatic carbocycles. The number of rotatable bonds is 3. The molecule has 0 fully saturated rings. The number of aliphatic hydroxyl groups is 2. The first kappa shape index (κ1) is 40.6. The van der Waals surface area contributed by atoms with Crippen LogP contribution in [0.4, 0.5) is 5.69 Å². The second-order valence-electron chi connectivity index (χ2n) is 13.9. The Hall–Kier alpha value is -5.12. The molecule has 0 saturated heterocycles. The van der Waals surface area contributed by atoms with Gasteiger partial charge in [-0.15, -0.1) is 0 Å². The van der Waals surface area contributed by atoms with E-state index in [2.05, 4.69) is 10.5 Å². The molecule has 53 heavy (non-hydrogen) atoms. The van der Waals surface area contributed by atoms with Gasteiger partial charge in [-0.2, -0.15) is 0 Å². The van der Waals surface area contributed by atoms with Crippen LogP contribution in [0.2, 0.25) is 0 Å². The van der Waals surface area contributed by atoms with Gasteiger partial charge in [0.05, 0.1) is 53.0 Å². The first-order chi connectivity index (χ1) is 24.8. The summed E-state index contributed by atoms with van der Waals surface area (Å²) >= 11 is 0. The third-order valence-electron chi connectivity index (χ3n) is 10.2. The predicted octanol–water partition coefficient (Wildman–Crippen LogP) is 4.56. The molecule has 15 nitrogen and oxygen atoms in total. The van der Waals surface area contributed by atoms with Crippen molar-refractivity contribution in [3.63, 3.8) is 0 Å². The Kier molecular flexibility index (Phi) is 12.2. The average molecular weight is 741 g/mol. The Balaban J connectivity index is 1.95. The first-order valence-corrected chi connectivity index (χ1v) is 17.1. The lowest BCUT2D eigenvalue weighted by molar-refractivity contribution is -0.160. The molecule has 3 aliphatic heterocycles. The standard InChI is InChI=1S/C38H48N2O13/c1-16-11-10-12-17(2)37(48)40-28-23(15-39-49)32(45)25-26(33(28)46)31(44)21(6)35-27(25)36(47)38(8,53-35)51-14-13-24(50-9)18(3)34(52-22(7)41)20(5)30(43)19(4)29(16)42/h10-16,18-20,24,29-30,34,42-46,49H,1-9H3,(H,40,48)/b11-10-,14-13-,17-12-,39-15+/t16-,18+,19+,20+,24-,29-,30+,34+,38-/m0/s1. The van der Waals surface area contributed by atoms with Gasteiger partial charge in [0.25, 0.3) is 11.7 Å². The van der Waals surface area contributed by atoms with Gasteiger partial charge in [0.1, 0.15) is 23.4 Å². The number of nitrogens with zero attached hydrogens (tertiary/aromatic N) is 1. The number of aromatic hydroxyl groups is 3. The fraction of sp³-hybridized carbons (Fsp3) is 0.474. The number of oxime groups is 1. The SMILES string of the molecule is CO[C@H]1/C=C\O[C@@]2(C)Oc3c(C)c(O)c4c(O)c(c(/C=N/O)c(O)c4c3C2=O)NC(=O)/C(C)=C\C=C/[C@H](C)[C@H](O)[C@@H](C)[C@@H](O)[C@@H](C)[C@H](OC(C)=O)[C@@H]1C. The van der Waals surface area contributed by atoms with Crippen LogP contribution in [0.5, 0.6) is 23.0 Å². The van der Waals surface area contributed by atoms with Gasteiger partial charge in [0.15, 0.2) is 5.75 Å². The molecule has 2 aromatic carbocycles. The van der Waals surface area contributed by atoms with Crippen molar-refractivity contribution in [3.8, 4) is 23.0 Å². The Bertz CT molecular complexity index is 1900. The summed E-state index contributed by atoms with van der Waals surface area (Å²) in [5.74, 6) is -9.00. The number of Topliss-reactive ketones (excluding diaryl/α,β-unsaturated/α-hetero) is 1. The minimum absolute atomic E-state index is 0.00476. The Morgan fingerprint density at radius 3 is 2.23 bits per heavy atom. The highest BCUT2D eigenvalue weighted by Crippen LogP contribution is 2.55. The van der Waals surface area contributed by atoms with Gasteiger partial charge in [-0.05, 0) is 19.9 Å². The molecule has 3 aliphatic rings.